The summed E-state index contributed by atoms with van der Waals surface area (Å²) in [5.41, 5.74) is 6.71. The van der Waals surface area contributed by atoms with Crippen LogP contribution in [0.3, 0.4) is 0 Å². The van der Waals surface area contributed by atoms with Gasteiger partial charge in [0.25, 0.3) is 0 Å². The van der Waals surface area contributed by atoms with Gasteiger partial charge >= 0.3 is 0 Å². The smallest absolute Gasteiger partial charge is 0.243 e. The zero-order chi connectivity index (χ0) is 12.6. The van der Waals surface area contributed by atoms with E-state index in [1.807, 2.05) is 23.2 Å². The molecule has 0 bridgehead atoms. The van der Waals surface area contributed by atoms with E-state index < -0.39 is 5.54 Å². The molecule has 18 heavy (non-hydrogen) atoms. The summed E-state index contributed by atoms with van der Waals surface area (Å²) < 4.78 is 0. The van der Waals surface area contributed by atoms with E-state index in [1.54, 1.807) is 6.20 Å². The maximum atomic E-state index is 12.5. The lowest BCUT2D eigenvalue weighted by atomic mass is 9.76. The molecule has 2 heterocycles. The molecule has 0 radical (unpaired) electrons. The molecule has 1 atom stereocenters. The highest BCUT2D eigenvalue weighted by Gasteiger charge is 2.45. The van der Waals surface area contributed by atoms with Crippen LogP contribution in [0.1, 0.15) is 43.7 Å². The maximum Gasteiger partial charge on any atom is 0.243 e. The van der Waals surface area contributed by atoms with Gasteiger partial charge in [0, 0.05) is 18.9 Å². The lowest BCUT2D eigenvalue weighted by Crippen LogP contribution is -2.59. The van der Waals surface area contributed by atoms with Gasteiger partial charge in [-0.1, -0.05) is 6.07 Å². The van der Waals surface area contributed by atoms with E-state index in [9.17, 15) is 4.79 Å². The number of carbonyl (C=O) groups is 1. The van der Waals surface area contributed by atoms with Crippen molar-refractivity contribution in [2.45, 2.75) is 43.7 Å². The molecule has 4 heteroatoms. The number of nitrogens with two attached hydrogens (primary N) is 1. The standard InChI is InChI=1S/C14H19N3O/c15-14(6-3-7-14)13(18)17-9-2-5-12(17)11-4-1-8-16-10-11/h1,4,8,10,12H,2-3,5-7,9,15H2. The molecule has 1 aliphatic heterocycles. The van der Waals surface area contributed by atoms with Crippen LogP contribution in [0, 0.1) is 0 Å². The highest BCUT2D eigenvalue weighted by molar-refractivity contribution is 5.87. The predicted octanol–water partition coefficient (Wildman–Crippen LogP) is 1.63. The van der Waals surface area contributed by atoms with E-state index in [4.69, 9.17) is 5.73 Å². The minimum absolute atomic E-state index is 0.139. The molecular formula is C14H19N3O. The number of hydrogen-bond acceptors (Lipinski definition) is 3. The first-order chi connectivity index (χ1) is 8.71. The average molecular weight is 245 g/mol. The molecular weight excluding hydrogens is 226 g/mol. The Labute approximate surface area is 107 Å². The molecule has 0 spiro atoms. The van der Waals surface area contributed by atoms with E-state index in [2.05, 4.69) is 4.98 Å². The topological polar surface area (TPSA) is 59.2 Å². The average Bonchev–Trinajstić information content (AvgIpc) is 2.85. The molecule has 1 saturated heterocycles. The van der Waals surface area contributed by atoms with Crippen LogP contribution in [0.5, 0.6) is 0 Å². The Hall–Kier alpha value is -1.42. The Morgan fingerprint density at radius 3 is 2.89 bits per heavy atom. The predicted molar refractivity (Wildman–Crippen MR) is 68.7 cm³/mol. The van der Waals surface area contributed by atoms with Gasteiger partial charge in [0.2, 0.25) is 5.91 Å². The van der Waals surface area contributed by atoms with Gasteiger partial charge in [-0.2, -0.15) is 0 Å². The molecule has 1 amide bonds. The van der Waals surface area contributed by atoms with E-state index in [1.165, 1.54) is 0 Å². The first kappa shape index (κ1) is 11.7. The summed E-state index contributed by atoms with van der Waals surface area (Å²) >= 11 is 0. The van der Waals surface area contributed by atoms with Gasteiger partial charge in [-0.25, -0.2) is 0 Å². The Kier molecular flexibility index (Phi) is 2.82. The van der Waals surface area contributed by atoms with E-state index in [0.717, 1.165) is 44.2 Å². The summed E-state index contributed by atoms with van der Waals surface area (Å²) in [6.45, 7) is 0.831. The fourth-order valence-corrected chi connectivity index (χ4v) is 2.99. The first-order valence-corrected chi connectivity index (χ1v) is 6.71. The number of hydrogen-bond donors (Lipinski definition) is 1. The molecule has 2 aliphatic rings. The van der Waals surface area contributed by atoms with Crippen molar-refractivity contribution in [2.24, 2.45) is 5.73 Å². The summed E-state index contributed by atoms with van der Waals surface area (Å²) in [6, 6.07) is 4.15. The maximum absolute atomic E-state index is 12.5. The van der Waals surface area contributed by atoms with Gasteiger partial charge in [0.05, 0.1) is 11.6 Å². The van der Waals surface area contributed by atoms with Gasteiger partial charge < -0.3 is 10.6 Å². The zero-order valence-electron chi connectivity index (χ0n) is 10.5. The largest absolute Gasteiger partial charge is 0.334 e. The molecule has 0 aromatic carbocycles. The molecule has 2 fully saturated rings. The SMILES string of the molecule is NC1(C(=O)N2CCCC2c2cccnc2)CCC1. The van der Waals surface area contributed by atoms with Gasteiger partial charge in [-0.15, -0.1) is 0 Å². The molecule has 1 aromatic heterocycles. The Balaban J connectivity index is 1.81. The number of pyridine rings is 1. The highest BCUT2D eigenvalue weighted by Crippen LogP contribution is 2.37. The Morgan fingerprint density at radius 2 is 2.28 bits per heavy atom. The van der Waals surface area contributed by atoms with Crippen LogP contribution in [0.15, 0.2) is 24.5 Å². The summed E-state index contributed by atoms with van der Waals surface area (Å²) in [4.78, 5) is 18.6. The quantitative estimate of drug-likeness (QED) is 0.861. The number of carbonyl (C=O) groups excluding carboxylic acids is 1. The fourth-order valence-electron chi connectivity index (χ4n) is 2.99. The van der Waals surface area contributed by atoms with Crippen molar-refractivity contribution in [1.82, 2.24) is 9.88 Å². The van der Waals surface area contributed by atoms with Gasteiger partial charge in [-0.05, 0) is 43.7 Å². The van der Waals surface area contributed by atoms with Gasteiger partial charge in [-0.3, -0.25) is 9.78 Å². The van der Waals surface area contributed by atoms with Crippen LogP contribution in [0.25, 0.3) is 0 Å². The molecule has 96 valence electrons. The fraction of sp³-hybridized carbons (Fsp3) is 0.571. The van der Waals surface area contributed by atoms with Gasteiger partial charge in [0.15, 0.2) is 0 Å². The van der Waals surface area contributed by atoms with Crippen molar-refractivity contribution < 1.29 is 4.79 Å². The minimum Gasteiger partial charge on any atom is -0.334 e. The molecule has 1 unspecified atom stereocenters. The van der Waals surface area contributed by atoms with Crippen LogP contribution >= 0.6 is 0 Å². The van der Waals surface area contributed by atoms with Crippen LogP contribution in [-0.2, 0) is 4.79 Å². The Bertz CT molecular complexity index is 442. The summed E-state index contributed by atoms with van der Waals surface area (Å²) in [5.74, 6) is 0.139. The number of rotatable bonds is 2. The molecule has 1 aliphatic carbocycles. The molecule has 2 N–H and O–H groups in total. The zero-order valence-corrected chi connectivity index (χ0v) is 10.5. The third-order valence-corrected chi connectivity index (χ3v) is 4.25. The van der Waals surface area contributed by atoms with Crippen LogP contribution < -0.4 is 5.73 Å². The number of amides is 1. The van der Waals surface area contributed by atoms with Crippen LogP contribution in [-0.4, -0.2) is 27.9 Å². The van der Waals surface area contributed by atoms with Crippen molar-refractivity contribution in [3.63, 3.8) is 0 Å². The minimum atomic E-state index is -0.579. The highest BCUT2D eigenvalue weighted by atomic mass is 16.2. The summed E-state index contributed by atoms with van der Waals surface area (Å²) in [6.07, 6.45) is 8.45. The Morgan fingerprint density at radius 1 is 1.44 bits per heavy atom. The lowest BCUT2D eigenvalue weighted by molar-refractivity contribution is -0.141. The molecule has 3 rings (SSSR count). The third-order valence-electron chi connectivity index (χ3n) is 4.25. The third kappa shape index (κ3) is 1.81. The number of nitrogens with zero attached hydrogens (tertiary/aromatic N) is 2. The molecule has 1 saturated carbocycles. The second-order valence-corrected chi connectivity index (χ2v) is 5.45. The normalized spacial score (nSPS) is 25.8. The summed E-state index contributed by atoms with van der Waals surface area (Å²) in [7, 11) is 0. The number of aromatic nitrogens is 1. The summed E-state index contributed by atoms with van der Waals surface area (Å²) in [5, 5.41) is 0. The lowest BCUT2D eigenvalue weighted by Gasteiger charge is -2.41. The van der Waals surface area contributed by atoms with Crippen LogP contribution in [0.4, 0.5) is 0 Å². The molecule has 4 nitrogen and oxygen atoms in total. The van der Waals surface area contributed by atoms with E-state index >= 15 is 0 Å². The molecule has 1 aromatic rings. The first-order valence-electron chi connectivity index (χ1n) is 6.71. The van der Waals surface area contributed by atoms with Crippen LogP contribution in [0.2, 0.25) is 0 Å². The van der Waals surface area contributed by atoms with E-state index in [-0.39, 0.29) is 11.9 Å². The van der Waals surface area contributed by atoms with Gasteiger partial charge in [0.1, 0.15) is 0 Å². The van der Waals surface area contributed by atoms with Crippen molar-refractivity contribution in [3.05, 3.63) is 30.1 Å². The number of likely N-dealkylation sites (tertiary alicyclic amines) is 1. The van der Waals surface area contributed by atoms with Crippen molar-refractivity contribution in [2.75, 3.05) is 6.54 Å². The van der Waals surface area contributed by atoms with E-state index in [0.29, 0.717) is 0 Å². The van der Waals surface area contributed by atoms with Crippen molar-refractivity contribution >= 4 is 5.91 Å². The van der Waals surface area contributed by atoms with Crippen molar-refractivity contribution in [1.29, 1.82) is 0 Å². The second-order valence-electron chi connectivity index (χ2n) is 5.45. The second kappa shape index (κ2) is 4.35. The van der Waals surface area contributed by atoms with Crippen molar-refractivity contribution in [3.8, 4) is 0 Å². The monoisotopic (exact) mass is 245 g/mol.